The van der Waals surface area contributed by atoms with Gasteiger partial charge in [0.15, 0.2) is 0 Å². The predicted molar refractivity (Wildman–Crippen MR) is 33.2 cm³/mol. The average Bonchev–Trinajstić information content (AvgIpc) is 2.46. The lowest BCUT2D eigenvalue weighted by molar-refractivity contribution is -0.170. The van der Waals surface area contributed by atoms with E-state index in [1.807, 2.05) is 0 Å². The first-order valence-corrected chi connectivity index (χ1v) is 3.67. The summed E-state index contributed by atoms with van der Waals surface area (Å²) in [4.78, 5) is 10.7. The molecule has 1 spiro atoms. The SMILES string of the molecule is O=C1COC2(CCCC2)O1. The highest BCUT2D eigenvalue weighted by atomic mass is 16.8. The maximum atomic E-state index is 10.7. The summed E-state index contributed by atoms with van der Waals surface area (Å²) in [6.45, 7) is 0.153. The molecule has 0 radical (unpaired) electrons. The summed E-state index contributed by atoms with van der Waals surface area (Å²) in [5.41, 5.74) is 0. The van der Waals surface area contributed by atoms with Crippen LogP contribution in [-0.2, 0) is 14.3 Å². The van der Waals surface area contributed by atoms with Crippen molar-refractivity contribution in [1.29, 1.82) is 0 Å². The van der Waals surface area contributed by atoms with Crippen LogP contribution >= 0.6 is 0 Å². The Balaban J connectivity index is 2.09. The second-order valence-corrected chi connectivity index (χ2v) is 2.88. The summed E-state index contributed by atoms with van der Waals surface area (Å²) >= 11 is 0. The molecule has 2 rings (SSSR count). The van der Waals surface area contributed by atoms with E-state index in [1.165, 1.54) is 0 Å². The van der Waals surface area contributed by atoms with E-state index in [9.17, 15) is 4.79 Å². The van der Waals surface area contributed by atoms with Crippen LogP contribution in [0.1, 0.15) is 25.7 Å². The summed E-state index contributed by atoms with van der Waals surface area (Å²) in [5.74, 6) is -0.696. The molecular weight excluding hydrogens is 132 g/mol. The van der Waals surface area contributed by atoms with Crippen molar-refractivity contribution in [3.05, 3.63) is 0 Å². The molecule has 2 fully saturated rings. The molecule has 0 aromatic rings. The number of carbonyl (C=O) groups is 1. The maximum absolute atomic E-state index is 10.7. The van der Waals surface area contributed by atoms with E-state index in [2.05, 4.69) is 0 Å². The van der Waals surface area contributed by atoms with Gasteiger partial charge in [0.25, 0.3) is 0 Å². The van der Waals surface area contributed by atoms with Crippen LogP contribution in [0.25, 0.3) is 0 Å². The van der Waals surface area contributed by atoms with Gasteiger partial charge in [-0.05, 0) is 12.8 Å². The minimum atomic E-state index is -0.489. The Morgan fingerprint density at radius 1 is 1.30 bits per heavy atom. The van der Waals surface area contributed by atoms with Crippen molar-refractivity contribution in [2.24, 2.45) is 0 Å². The number of carbonyl (C=O) groups excluding carboxylic acids is 1. The maximum Gasteiger partial charge on any atom is 0.334 e. The summed E-state index contributed by atoms with van der Waals surface area (Å²) in [6.07, 6.45) is 4.01. The zero-order valence-corrected chi connectivity index (χ0v) is 5.76. The summed E-state index contributed by atoms with van der Waals surface area (Å²) in [7, 11) is 0. The second kappa shape index (κ2) is 1.95. The molecule has 0 unspecified atom stereocenters. The van der Waals surface area contributed by atoms with E-state index in [0.717, 1.165) is 25.7 Å². The molecule has 2 aliphatic rings. The first kappa shape index (κ1) is 6.16. The van der Waals surface area contributed by atoms with E-state index < -0.39 is 5.79 Å². The lowest BCUT2D eigenvalue weighted by Crippen LogP contribution is -2.25. The van der Waals surface area contributed by atoms with Gasteiger partial charge in [0.1, 0.15) is 6.61 Å². The molecule has 10 heavy (non-hydrogen) atoms. The van der Waals surface area contributed by atoms with Crippen LogP contribution in [0.3, 0.4) is 0 Å². The molecule has 1 saturated carbocycles. The van der Waals surface area contributed by atoms with Crippen molar-refractivity contribution < 1.29 is 14.3 Å². The number of hydrogen-bond acceptors (Lipinski definition) is 3. The molecule has 1 aliphatic carbocycles. The Morgan fingerprint density at radius 3 is 2.50 bits per heavy atom. The molecule has 1 saturated heterocycles. The van der Waals surface area contributed by atoms with Gasteiger partial charge in [0.2, 0.25) is 5.79 Å². The van der Waals surface area contributed by atoms with E-state index in [-0.39, 0.29) is 12.6 Å². The van der Waals surface area contributed by atoms with E-state index >= 15 is 0 Å². The fraction of sp³-hybridized carbons (Fsp3) is 0.857. The molecule has 0 amide bonds. The Bertz CT molecular complexity index is 158. The molecule has 1 aliphatic heterocycles. The fourth-order valence-corrected chi connectivity index (χ4v) is 1.62. The number of rotatable bonds is 0. The summed E-state index contributed by atoms with van der Waals surface area (Å²) in [5, 5.41) is 0. The smallest absolute Gasteiger partial charge is 0.334 e. The molecule has 0 atom stereocenters. The van der Waals surface area contributed by atoms with Crippen LogP contribution in [0.4, 0.5) is 0 Å². The minimum absolute atomic E-state index is 0.153. The zero-order valence-electron chi connectivity index (χ0n) is 5.76. The second-order valence-electron chi connectivity index (χ2n) is 2.88. The predicted octanol–water partition coefficient (Wildman–Crippen LogP) is 0.830. The normalized spacial score (nSPS) is 29.4. The molecule has 0 aromatic carbocycles. The van der Waals surface area contributed by atoms with Gasteiger partial charge in [0, 0.05) is 12.8 Å². The third kappa shape index (κ3) is 0.814. The van der Waals surface area contributed by atoms with Crippen LogP contribution in [0.15, 0.2) is 0 Å². The highest BCUT2D eigenvalue weighted by molar-refractivity contribution is 5.72. The van der Waals surface area contributed by atoms with Gasteiger partial charge < -0.3 is 9.47 Å². The average molecular weight is 142 g/mol. The molecule has 0 N–H and O–H groups in total. The number of esters is 1. The number of ether oxygens (including phenoxy) is 2. The van der Waals surface area contributed by atoms with Crippen molar-refractivity contribution in [3.8, 4) is 0 Å². The van der Waals surface area contributed by atoms with Gasteiger partial charge in [-0.2, -0.15) is 0 Å². The third-order valence-corrected chi connectivity index (χ3v) is 2.12. The Hall–Kier alpha value is -0.570. The van der Waals surface area contributed by atoms with Crippen molar-refractivity contribution in [1.82, 2.24) is 0 Å². The molecule has 0 bridgehead atoms. The lowest BCUT2D eigenvalue weighted by Gasteiger charge is -2.18. The van der Waals surface area contributed by atoms with Crippen LogP contribution in [0.2, 0.25) is 0 Å². The van der Waals surface area contributed by atoms with Gasteiger partial charge in [0.05, 0.1) is 0 Å². The molecule has 56 valence electrons. The zero-order chi connectivity index (χ0) is 7.03. The van der Waals surface area contributed by atoms with Crippen LogP contribution in [-0.4, -0.2) is 18.4 Å². The van der Waals surface area contributed by atoms with Crippen LogP contribution < -0.4 is 0 Å². The fourth-order valence-electron chi connectivity index (χ4n) is 1.62. The highest BCUT2D eigenvalue weighted by Gasteiger charge is 2.43. The summed E-state index contributed by atoms with van der Waals surface area (Å²) < 4.78 is 10.3. The third-order valence-electron chi connectivity index (χ3n) is 2.12. The van der Waals surface area contributed by atoms with Gasteiger partial charge in [-0.25, -0.2) is 4.79 Å². The highest BCUT2D eigenvalue weighted by Crippen LogP contribution is 2.37. The molecule has 0 aromatic heterocycles. The molecule has 3 heteroatoms. The first-order valence-electron chi connectivity index (χ1n) is 3.67. The minimum Gasteiger partial charge on any atom is -0.431 e. The molecular formula is C7H10O3. The van der Waals surface area contributed by atoms with Crippen LogP contribution in [0, 0.1) is 0 Å². The van der Waals surface area contributed by atoms with Gasteiger partial charge >= 0.3 is 5.97 Å². The Labute approximate surface area is 59.3 Å². The van der Waals surface area contributed by atoms with Gasteiger partial charge in [-0.15, -0.1) is 0 Å². The first-order chi connectivity index (χ1) is 4.81. The molecule has 3 nitrogen and oxygen atoms in total. The van der Waals surface area contributed by atoms with Crippen molar-refractivity contribution in [2.45, 2.75) is 31.5 Å². The van der Waals surface area contributed by atoms with E-state index in [4.69, 9.17) is 9.47 Å². The van der Waals surface area contributed by atoms with Crippen LogP contribution in [0.5, 0.6) is 0 Å². The van der Waals surface area contributed by atoms with Crippen molar-refractivity contribution in [3.63, 3.8) is 0 Å². The van der Waals surface area contributed by atoms with Gasteiger partial charge in [-0.1, -0.05) is 0 Å². The monoisotopic (exact) mass is 142 g/mol. The lowest BCUT2D eigenvalue weighted by atomic mass is 10.2. The van der Waals surface area contributed by atoms with Gasteiger partial charge in [-0.3, -0.25) is 0 Å². The topological polar surface area (TPSA) is 35.5 Å². The van der Waals surface area contributed by atoms with E-state index in [0.29, 0.717) is 0 Å². The van der Waals surface area contributed by atoms with Crippen molar-refractivity contribution >= 4 is 5.97 Å². The molecule has 1 heterocycles. The number of hydrogen-bond donors (Lipinski definition) is 0. The Kier molecular flexibility index (Phi) is 1.20. The van der Waals surface area contributed by atoms with E-state index in [1.54, 1.807) is 0 Å². The quantitative estimate of drug-likeness (QED) is 0.470. The standard InChI is InChI=1S/C7H10O3/c8-6-5-9-7(10-6)3-1-2-4-7/h1-5H2. The van der Waals surface area contributed by atoms with Crippen molar-refractivity contribution in [2.75, 3.05) is 6.61 Å². The summed E-state index contributed by atoms with van der Waals surface area (Å²) in [6, 6.07) is 0. The largest absolute Gasteiger partial charge is 0.431 e. The Morgan fingerprint density at radius 2 is 2.00 bits per heavy atom.